The number of hydrogen-bond acceptors (Lipinski definition) is 16. The van der Waals surface area contributed by atoms with Crippen molar-refractivity contribution in [3.8, 4) is 29.0 Å². The van der Waals surface area contributed by atoms with E-state index in [4.69, 9.17) is 33.2 Å². The molecule has 2 N–H and O–H groups in total. The minimum atomic E-state index is -0.576. The Morgan fingerprint density at radius 2 is 1.14 bits per heavy atom. The van der Waals surface area contributed by atoms with Crippen LogP contribution in [0.3, 0.4) is 0 Å². The lowest BCUT2D eigenvalue weighted by Crippen LogP contribution is -2.40. The molecule has 0 unspecified atom stereocenters. The van der Waals surface area contributed by atoms with Gasteiger partial charge in [0.1, 0.15) is 76.8 Å². The Hall–Kier alpha value is -9.25. The van der Waals surface area contributed by atoms with Gasteiger partial charge >= 0.3 is 12.1 Å². The average Bonchev–Trinajstić information content (AvgIpc) is 4.37. The van der Waals surface area contributed by atoms with Gasteiger partial charge in [0.25, 0.3) is 11.8 Å². The van der Waals surface area contributed by atoms with Crippen molar-refractivity contribution >= 4 is 39.8 Å². The molecule has 0 saturated carbocycles. The van der Waals surface area contributed by atoms with Crippen molar-refractivity contribution in [3.05, 3.63) is 191 Å². The second kappa shape index (κ2) is 31.1. The van der Waals surface area contributed by atoms with Crippen LogP contribution in [0.5, 0.6) is 29.0 Å². The zero-order valence-electron chi connectivity index (χ0n) is 47.2. The number of alkyl carbamates (subject to hydrolysis) is 1. The van der Waals surface area contributed by atoms with Gasteiger partial charge in [0, 0.05) is 37.1 Å². The zero-order valence-corrected chi connectivity index (χ0v) is 48.8. The molecule has 0 bridgehead atoms. The molecule has 7 heterocycles. The highest BCUT2D eigenvalue weighted by Gasteiger charge is 2.27. The predicted molar refractivity (Wildman–Crippen MR) is 310 cm³/mol. The van der Waals surface area contributed by atoms with Crippen molar-refractivity contribution in [2.24, 2.45) is 0 Å². The van der Waals surface area contributed by atoms with Gasteiger partial charge in [-0.05, 0) is 94.4 Å². The highest BCUT2D eigenvalue weighted by Crippen LogP contribution is 2.20. The summed E-state index contributed by atoms with van der Waals surface area (Å²) in [5.74, 6) is 2.90. The highest BCUT2D eigenvalue weighted by molar-refractivity contribution is 9.08. The summed E-state index contributed by atoms with van der Waals surface area (Å²) in [6.45, 7) is 11.8. The zero-order chi connectivity index (χ0) is 59.0. The molecule has 0 atom stereocenters. The van der Waals surface area contributed by atoms with Crippen molar-refractivity contribution in [2.75, 3.05) is 40.5 Å². The summed E-state index contributed by atoms with van der Waals surface area (Å²) < 4.78 is 42.3. The van der Waals surface area contributed by atoms with Crippen LogP contribution in [0, 0.1) is 0 Å². The fraction of sp³-hybridized carbons (Fsp3) is 0.317. The number of carbonyl (C=O) groups excluding carboxylic acids is 4. The number of hydrogen-bond donors (Lipinski definition) is 2. The van der Waals surface area contributed by atoms with Gasteiger partial charge in [-0.3, -0.25) is 23.6 Å². The van der Waals surface area contributed by atoms with Crippen LogP contribution in [-0.4, -0.2) is 114 Å². The summed E-state index contributed by atoms with van der Waals surface area (Å²) in [7, 11) is 3.19. The molecule has 2 aliphatic rings. The van der Waals surface area contributed by atoms with Gasteiger partial charge in [0.15, 0.2) is 0 Å². The molecule has 5 aromatic heterocycles. The van der Waals surface area contributed by atoms with Crippen LogP contribution in [0.4, 0.5) is 4.79 Å². The molecule has 0 saturated heterocycles. The van der Waals surface area contributed by atoms with Crippen LogP contribution in [0.1, 0.15) is 87.6 Å². The first-order valence-electron chi connectivity index (χ1n) is 26.7. The van der Waals surface area contributed by atoms with Gasteiger partial charge in [-0.2, -0.15) is 15.3 Å². The third-order valence-corrected chi connectivity index (χ3v) is 12.3. The van der Waals surface area contributed by atoms with E-state index < -0.39 is 17.7 Å². The van der Waals surface area contributed by atoms with Crippen LogP contribution in [0.15, 0.2) is 146 Å². The Bertz CT molecular complexity index is 3310. The van der Waals surface area contributed by atoms with E-state index in [0.29, 0.717) is 92.8 Å². The second-order valence-electron chi connectivity index (χ2n) is 19.1. The number of fused-ring (bicyclic) bond motifs is 2. The van der Waals surface area contributed by atoms with Crippen LogP contribution in [0.25, 0.3) is 0 Å². The number of alkyl halides is 1. The number of nitrogens with one attached hydrogen (secondary N) is 2. The summed E-state index contributed by atoms with van der Waals surface area (Å²) in [4.78, 5) is 58.7. The normalized spacial score (nSPS) is 12.2. The summed E-state index contributed by atoms with van der Waals surface area (Å²) in [5, 5.41) is 19.4. The van der Waals surface area contributed by atoms with Crippen molar-refractivity contribution in [1.82, 2.24) is 54.8 Å². The van der Waals surface area contributed by atoms with E-state index in [1.165, 1.54) is 4.68 Å². The number of aromatic nitrogens is 8. The van der Waals surface area contributed by atoms with Gasteiger partial charge in [-0.25, -0.2) is 19.6 Å². The summed E-state index contributed by atoms with van der Waals surface area (Å²) >= 11 is 3.30. The first kappa shape index (κ1) is 61.4. The lowest BCUT2D eigenvalue weighted by Gasteiger charge is -2.27. The minimum Gasteiger partial charge on any atom is -0.487 e. The molecule has 0 spiro atoms. The molecule has 0 radical (unpaired) electrons. The van der Waals surface area contributed by atoms with Crippen molar-refractivity contribution in [1.29, 1.82) is 0 Å². The number of amides is 3. The van der Waals surface area contributed by atoms with Crippen LogP contribution >= 0.6 is 15.9 Å². The van der Waals surface area contributed by atoms with E-state index in [-0.39, 0.29) is 31.6 Å². The van der Waals surface area contributed by atoms with E-state index in [1.807, 2.05) is 121 Å². The molecule has 0 fully saturated rings. The fourth-order valence-electron chi connectivity index (χ4n) is 7.95. The molecule has 22 nitrogen and oxygen atoms in total. The molecular weight excluding hydrogens is 1130 g/mol. The standard InChI is InChI=1S/C20H20N4O3.C20H27N3O5.C13H13N3O2.C7H8BrNO/c1-26-19-9-5-6-15(21-19)13-23-10-11-24-18(20(23)25)12-16(22-24)14-27-17-7-3-2-4-8-17;1-5-26-18(24)17-13-15(14-27-16-9-7-6-8-10-16)22-23(17)12-11-21-19(25)28-20(2,3)4;17-13-12-8-10(15-16(12)7-6-14-13)9-18-11-4-2-1-3-5-11;1-10-7-4-2-3-6(5-8)9-7/h2-9,12H,10-11,13-14H2,1H3;6-10,13H,5,11-12,14H2,1-4H3,(H,21,25);1-5,8H,6-7,9H2,(H,14,17);2-4H,5H2,1H3. The number of nitrogens with zero attached hydrogens (tertiary/aromatic N) is 9. The van der Waals surface area contributed by atoms with Gasteiger partial charge in [-0.1, -0.05) is 82.7 Å². The Morgan fingerprint density at radius 1 is 0.627 bits per heavy atom. The lowest BCUT2D eigenvalue weighted by molar-refractivity contribution is 0.0511. The highest BCUT2D eigenvalue weighted by atomic mass is 79.9. The van der Waals surface area contributed by atoms with Gasteiger partial charge in [0.05, 0.1) is 58.4 Å². The average molecular weight is 1200 g/mol. The van der Waals surface area contributed by atoms with Crippen molar-refractivity contribution in [3.63, 3.8) is 0 Å². The molecule has 23 heteroatoms. The van der Waals surface area contributed by atoms with Gasteiger partial charge < -0.3 is 48.7 Å². The molecule has 2 aliphatic heterocycles. The Labute approximate surface area is 490 Å². The first-order valence-corrected chi connectivity index (χ1v) is 27.8. The van der Waals surface area contributed by atoms with Gasteiger partial charge in [0.2, 0.25) is 11.8 Å². The minimum absolute atomic E-state index is 0.0515. The molecule has 0 aliphatic carbocycles. The maximum atomic E-state index is 12.8. The number of methoxy groups -OCH3 is 2. The number of ether oxygens (including phenoxy) is 7. The number of para-hydroxylation sites is 3. The van der Waals surface area contributed by atoms with Crippen molar-refractivity contribution in [2.45, 2.75) is 84.6 Å². The number of halogens is 1. The molecule has 10 rings (SSSR count). The molecule has 83 heavy (non-hydrogen) atoms. The van der Waals surface area contributed by atoms with E-state index in [9.17, 15) is 19.2 Å². The van der Waals surface area contributed by atoms with E-state index in [1.54, 1.807) is 80.4 Å². The van der Waals surface area contributed by atoms with E-state index in [2.05, 4.69) is 51.8 Å². The SMILES string of the molecule is CCOC(=O)c1cc(COc2ccccc2)nn1CCNC(=O)OC(C)(C)C.COc1cccc(CBr)n1.COc1cccc(CN2CCn3nc(COc4ccccc4)cc3C2=O)n1.O=C1NCCn2nc(COc3ccccc3)cc21. The largest absolute Gasteiger partial charge is 0.487 e. The smallest absolute Gasteiger partial charge is 0.407 e. The van der Waals surface area contributed by atoms with Crippen LogP contribution in [0.2, 0.25) is 0 Å². The molecular formula is C60H68BrN11O11. The Morgan fingerprint density at radius 3 is 1.66 bits per heavy atom. The fourth-order valence-corrected chi connectivity index (χ4v) is 8.27. The van der Waals surface area contributed by atoms with E-state index >= 15 is 0 Å². The second-order valence-corrected chi connectivity index (χ2v) is 19.7. The first-order chi connectivity index (χ1) is 40.2. The number of esters is 1. The Balaban J connectivity index is 0.000000168. The molecule has 436 valence electrons. The van der Waals surface area contributed by atoms with Crippen molar-refractivity contribution < 1.29 is 52.3 Å². The maximum absolute atomic E-state index is 12.8. The quantitative estimate of drug-likeness (QED) is 0.0567. The lowest BCUT2D eigenvalue weighted by atomic mass is 10.2. The monoisotopic (exact) mass is 1200 g/mol. The number of rotatable bonds is 19. The summed E-state index contributed by atoms with van der Waals surface area (Å²) in [6.07, 6.45) is -0.523. The number of carbonyl (C=O) groups is 4. The Kier molecular flexibility index (Phi) is 23.0. The third kappa shape index (κ3) is 19.5. The topological polar surface area (TPSA) is 239 Å². The number of pyridine rings is 2. The summed E-state index contributed by atoms with van der Waals surface area (Å²) in [6, 6.07) is 44.9. The number of benzene rings is 3. The maximum Gasteiger partial charge on any atom is 0.407 e. The molecule has 8 aromatic rings. The molecule has 3 aromatic carbocycles. The van der Waals surface area contributed by atoms with Crippen LogP contribution < -0.4 is 34.3 Å². The van der Waals surface area contributed by atoms with E-state index in [0.717, 1.165) is 39.6 Å². The third-order valence-electron chi connectivity index (χ3n) is 11.8. The predicted octanol–water partition coefficient (Wildman–Crippen LogP) is 8.88. The summed E-state index contributed by atoms with van der Waals surface area (Å²) in [5.41, 5.74) is 4.79. The van der Waals surface area contributed by atoms with Gasteiger partial charge in [-0.15, -0.1) is 0 Å². The molecule has 3 amide bonds. The van der Waals surface area contributed by atoms with Crippen LogP contribution in [-0.2, 0) is 60.8 Å².